The zero-order chi connectivity index (χ0) is 18.7. The molecule has 0 aliphatic heterocycles. The highest BCUT2D eigenvalue weighted by Crippen LogP contribution is 2.28. The number of hydrogen-bond acceptors (Lipinski definition) is 5. The van der Waals surface area contributed by atoms with Gasteiger partial charge in [0.15, 0.2) is 5.82 Å². The Kier molecular flexibility index (Phi) is 5.49. The molecule has 0 spiro atoms. The molecule has 1 aromatic heterocycles. The molecule has 3 rings (SSSR count). The number of carbonyl (C=O) groups excluding carboxylic acids is 1. The van der Waals surface area contributed by atoms with Crippen LogP contribution < -0.4 is 11.2 Å². The number of nitrogens with zero attached hydrogens (tertiary/aromatic N) is 3. The first-order valence-corrected chi connectivity index (χ1v) is 9.27. The number of anilines is 1. The second-order valence-corrected chi connectivity index (χ2v) is 7.17. The van der Waals surface area contributed by atoms with Crippen LogP contribution in [0.15, 0.2) is 47.6 Å². The third-order valence-corrected chi connectivity index (χ3v) is 4.97. The first-order valence-electron chi connectivity index (χ1n) is 7.91. The van der Waals surface area contributed by atoms with Gasteiger partial charge in [0.25, 0.3) is 0 Å². The molecule has 0 fully saturated rings. The third-order valence-electron chi connectivity index (χ3n) is 3.73. The van der Waals surface area contributed by atoms with Crippen LogP contribution in [0.4, 0.5) is 5.69 Å². The van der Waals surface area contributed by atoms with Crippen molar-refractivity contribution < 1.29 is 4.79 Å². The Morgan fingerprint density at radius 3 is 2.65 bits per heavy atom. The molecule has 1 heterocycles. The van der Waals surface area contributed by atoms with E-state index in [0.717, 1.165) is 16.7 Å². The number of aromatic nitrogens is 3. The summed E-state index contributed by atoms with van der Waals surface area (Å²) >= 11 is 7.44. The third kappa shape index (κ3) is 4.00. The van der Waals surface area contributed by atoms with Gasteiger partial charge in [-0.2, -0.15) is 0 Å². The summed E-state index contributed by atoms with van der Waals surface area (Å²) in [5.74, 6) is 6.56. The Balaban J connectivity index is 1.67. The summed E-state index contributed by atoms with van der Waals surface area (Å²) in [6.45, 7) is 3.86. The maximum atomic E-state index is 12.3. The van der Waals surface area contributed by atoms with Gasteiger partial charge in [0, 0.05) is 5.56 Å². The van der Waals surface area contributed by atoms with Crippen molar-refractivity contribution in [3.63, 3.8) is 0 Å². The molecule has 0 atom stereocenters. The van der Waals surface area contributed by atoms with E-state index < -0.39 is 0 Å². The highest BCUT2D eigenvalue weighted by atomic mass is 35.5. The number of nitrogens with one attached hydrogen (secondary N) is 1. The number of carbonyl (C=O) groups is 1. The Morgan fingerprint density at radius 1 is 1.23 bits per heavy atom. The number of thioether (sulfide) groups is 1. The minimum atomic E-state index is -0.187. The molecule has 0 aliphatic carbocycles. The molecule has 0 unspecified atom stereocenters. The van der Waals surface area contributed by atoms with Gasteiger partial charge in [-0.25, -0.2) is 4.68 Å². The van der Waals surface area contributed by atoms with E-state index in [9.17, 15) is 4.79 Å². The van der Waals surface area contributed by atoms with Crippen molar-refractivity contribution in [1.29, 1.82) is 0 Å². The molecular weight excluding hydrogens is 370 g/mol. The van der Waals surface area contributed by atoms with Crippen LogP contribution in [0.1, 0.15) is 11.1 Å². The van der Waals surface area contributed by atoms with E-state index in [1.807, 2.05) is 56.3 Å². The minimum absolute atomic E-state index is 0.147. The van der Waals surface area contributed by atoms with Crippen LogP contribution in [0.2, 0.25) is 5.02 Å². The standard InChI is InChI=1S/C18H18ClN5OS/c1-11-8-12(2)16(14(19)9-11)21-15(25)10-26-18-23-22-17(24(18)20)13-6-4-3-5-7-13/h3-9H,10,20H2,1-2H3,(H,21,25). The summed E-state index contributed by atoms with van der Waals surface area (Å²) in [5, 5.41) is 12.0. The van der Waals surface area contributed by atoms with Crippen LogP contribution in [0.5, 0.6) is 0 Å². The Hall–Kier alpha value is -2.51. The fourth-order valence-corrected chi connectivity index (χ4v) is 3.56. The van der Waals surface area contributed by atoms with Crippen LogP contribution >= 0.6 is 23.4 Å². The Bertz CT molecular complexity index is 919. The topological polar surface area (TPSA) is 85.8 Å². The van der Waals surface area contributed by atoms with E-state index in [4.69, 9.17) is 17.4 Å². The summed E-state index contributed by atoms with van der Waals surface area (Å²) in [7, 11) is 0. The summed E-state index contributed by atoms with van der Waals surface area (Å²) < 4.78 is 1.39. The largest absolute Gasteiger partial charge is 0.335 e. The lowest BCUT2D eigenvalue weighted by Gasteiger charge is -2.11. The second-order valence-electron chi connectivity index (χ2n) is 5.82. The average Bonchev–Trinajstić information content (AvgIpc) is 2.98. The predicted octanol–water partition coefficient (Wildman–Crippen LogP) is 3.66. The second kappa shape index (κ2) is 7.80. The zero-order valence-electron chi connectivity index (χ0n) is 14.4. The SMILES string of the molecule is Cc1cc(C)c(NC(=O)CSc2nnc(-c3ccccc3)n2N)c(Cl)c1. The Labute approximate surface area is 160 Å². The molecule has 0 radical (unpaired) electrons. The van der Waals surface area contributed by atoms with Gasteiger partial charge in [-0.05, 0) is 31.0 Å². The smallest absolute Gasteiger partial charge is 0.234 e. The molecule has 3 aromatic rings. The predicted molar refractivity (Wildman–Crippen MR) is 106 cm³/mol. The molecule has 134 valence electrons. The summed E-state index contributed by atoms with van der Waals surface area (Å²) in [6.07, 6.45) is 0. The molecule has 6 nitrogen and oxygen atoms in total. The molecule has 0 aliphatic rings. The summed E-state index contributed by atoms with van der Waals surface area (Å²) in [4.78, 5) is 12.3. The molecule has 2 aromatic carbocycles. The van der Waals surface area contributed by atoms with Crippen LogP contribution in [0.25, 0.3) is 11.4 Å². The maximum absolute atomic E-state index is 12.3. The lowest BCUT2D eigenvalue weighted by atomic mass is 10.1. The minimum Gasteiger partial charge on any atom is -0.335 e. The summed E-state index contributed by atoms with van der Waals surface area (Å²) in [6, 6.07) is 13.3. The first-order chi connectivity index (χ1) is 12.5. The normalized spacial score (nSPS) is 10.7. The van der Waals surface area contributed by atoms with Gasteiger partial charge in [-0.1, -0.05) is 59.8 Å². The molecule has 3 N–H and O–H groups in total. The van der Waals surface area contributed by atoms with Crippen molar-refractivity contribution in [2.24, 2.45) is 0 Å². The number of amides is 1. The van der Waals surface area contributed by atoms with Crippen molar-refractivity contribution in [2.75, 3.05) is 16.9 Å². The molecule has 26 heavy (non-hydrogen) atoms. The fraction of sp³-hybridized carbons (Fsp3) is 0.167. The van der Waals surface area contributed by atoms with E-state index in [-0.39, 0.29) is 11.7 Å². The molecule has 8 heteroatoms. The van der Waals surface area contributed by atoms with Crippen LogP contribution in [-0.4, -0.2) is 26.5 Å². The fourth-order valence-electron chi connectivity index (χ4n) is 2.54. The number of hydrogen-bond donors (Lipinski definition) is 2. The number of nitrogen functional groups attached to an aromatic ring is 1. The highest BCUT2D eigenvalue weighted by Gasteiger charge is 2.15. The van der Waals surface area contributed by atoms with Gasteiger partial charge in [0.1, 0.15) is 0 Å². The van der Waals surface area contributed by atoms with Crippen molar-refractivity contribution in [3.8, 4) is 11.4 Å². The van der Waals surface area contributed by atoms with Crippen molar-refractivity contribution >= 4 is 35.0 Å². The van der Waals surface area contributed by atoms with E-state index in [1.54, 1.807) is 0 Å². The van der Waals surface area contributed by atoms with E-state index >= 15 is 0 Å². The zero-order valence-corrected chi connectivity index (χ0v) is 15.9. The van der Waals surface area contributed by atoms with E-state index in [1.165, 1.54) is 16.4 Å². The lowest BCUT2D eigenvalue weighted by Crippen LogP contribution is -2.17. The van der Waals surface area contributed by atoms with Gasteiger partial charge >= 0.3 is 0 Å². The van der Waals surface area contributed by atoms with E-state index in [0.29, 0.717) is 21.7 Å². The quantitative estimate of drug-likeness (QED) is 0.515. The molecule has 1 amide bonds. The maximum Gasteiger partial charge on any atom is 0.234 e. The monoisotopic (exact) mass is 387 g/mol. The van der Waals surface area contributed by atoms with Crippen molar-refractivity contribution in [1.82, 2.24) is 14.9 Å². The first kappa shape index (κ1) is 18.3. The van der Waals surface area contributed by atoms with Crippen LogP contribution in [0, 0.1) is 13.8 Å². The van der Waals surface area contributed by atoms with Crippen LogP contribution in [-0.2, 0) is 4.79 Å². The molecule has 0 saturated heterocycles. The summed E-state index contributed by atoms with van der Waals surface area (Å²) in [5.41, 5.74) is 3.45. The van der Waals surface area contributed by atoms with Gasteiger partial charge in [0.2, 0.25) is 11.1 Å². The van der Waals surface area contributed by atoms with E-state index in [2.05, 4.69) is 15.5 Å². The van der Waals surface area contributed by atoms with Gasteiger partial charge < -0.3 is 11.2 Å². The Morgan fingerprint density at radius 2 is 1.96 bits per heavy atom. The van der Waals surface area contributed by atoms with Gasteiger partial charge in [-0.3, -0.25) is 4.79 Å². The van der Waals surface area contributed by atoms with Gasteiger partial charge in [-0.15, -0.1) is 10.2 Å². The average molecular weight is 388 g/mol. The molecule has 0 saturated carbocycles. The molecular formula is C18H18ClN5OS. The lowest BCUT2D eigenvalue weighted by molar-refractivity contribution is -0.113. The number of aryl methyl sites for hydroxylation is 2. The number of halogens is 1. The van der Waals surface area contributed by atoms with Crippen LogP contribution in [0.3, 0.4) is 0 Å². The number of rotatable bonds is 5. The number of nitrogens with two attached hydrogens (primary N) is 1. The van der Waals surface area contributed by atoms with Crippen molar-refractivity contribution in [2.45, 2.75) is 19.0 Å². The number of benzene rings is 2. The highest BCUT2D eigenvalue weighted by molar-refractivity contribution is 7.99. The van der Waals surface area contributed by atoms with Gasteiger partial charge in [0.05, 0.1) is 16.5 Å². The van der Waals surface area contributed by atoms with Crippen molar-refractivity contribution in [3.05, 3.63) is 58.6 Å². The molecule has 0 bridgehead atoms.